The van der Waals surface area contributed by atoms with E-state index < -0.39 is 30.3 Å². The summed E-state index contributed by atoms with van der Waals surface area (Å²) in [5.41, 5.74) is 0. The number of ether oxygens (including phenoxy) is 4. The smallest absolute Gasteiger partial charge is 0.361 e. The van der Waals surface area contributed by atoms with E-state index in [2.05, 4.69) is 123 Å². The monoisotopic (exact) mass is 823 g/mol. The van der Waals surface area contributed by atoms with Crippen LogP contribution in [0.3, 0.4) is 0 Å². The molecule has 0 radical (unpaired) electrons. The summed E-state index contributed by atoms with van der Waals surface area (Å²) in [5.74, 6) is -2.13. The summed E-state index contributed by atoms with van der Waals surface area (Å²) in [6, 6.07) is 0. The lowest BCUT2D eigenvalue weighted by Crippen LogP contribution is -2.40. The fourth-order valence-corrected chi connectivity index (χ4v) is 5.14. The van der Waals surface area contributed by atoms with E-state index >= 15 is 0 Å². The van der Waals surface area contributed by atoms with Gasteiger partial charge in [-0.05, 0) is 96.3 Å². The number of allylic oxidation sites excluding steroid dienone is 18. The molecule has 0 aromatic carbocycles. The SMILES string of the molecule is CC/C=C\C/C=C\C/C=C\C/C=C\C/C=C\CCCCCC(=O)OC(COC(=O)CCCC/C=C\C/C=C\C/C=C\C/C=C\CC)COC(OCC[N+](C)(C)C)C(=O)O. The minimum Gasteiger partial charge on any atom is -0.477 e. The molecule has 0 spiro atoms. The zero-order valence-electron chi connectivity index (χ0n) is 37.4. The molecule has 0 saturated carbocycles. The molecule has 2 unspecified atom stereocenters. The third-order valence-electron chi connectivity index (χ3n) is 8.52. The Balaban J connectivity index is 4.61. The number of carboxylic acids is 1. The van der Waals surface area contributed by atoms with Gasteiger partial charge in [-0.3, -0.25) is 9.59 Å². The van der Waals surface area contributed by atoms with Crippen LogP contribution in [0, 0.1) is 0 Å². The molecule has 2 atom stereocenters. The first-order valence-corrected chi connectivity index (χ1v) is 22.1. The number of quaternary nitrogens is 1. The number of esters is 2. The van der Waals surface area contributed by atoms with Crippen molar-refractivity contribution in [1.82, 2.24) is 0 Å². The summed E-state index contributed by atoms with van der Waals surface area (Å²) in [4.78, 5) is 37.1. The van der Waals surface area contributed by atoms with Crippen molar-refractivity contribution in [3.05, 3.63) is 109 Å². The Hall–Kier alpha value is -4.05. The van der Waals surface area contributed by atoms with Crippen LogP contribution in [-0.2, 0) is 33.3 Å². The van der Waals surface area contributed by atoms with E-state index in [4.69, 9.17) is 18.9 Å². The van der Waals surface area contributed by atoms with Gasteiger partial charge in [0, 0.05) is 12.8 Å². The van der Waals surface area contributed by atoms with Gasteiger partial charge in [-0.25, -0.2) is 4.79 Å². The van der Waals surface area contributed by atoms with Gasteiger partial charge in [-0.15, -0.1) is 0 Å². The molecule has 1 N–H and O–H groups in total. The van der Waals surface area contributed by atoms with Gasteiger partial charge in [0.15, 0.2) is 6.10 Å². The van der Waals surface area contributed by atoms with Crippen molar-refractivity contribution in [3.63, 3.8) is 0 Å². The van der Waals surface area contributed by atoms with Crippen LogP contribution < -0.4 is 0 Å². The molecule has 0 aromatic heterocycles. The fourth-order valence-electron chi connectivity index (χ4n) is 5.14. The number of rotatable bonds is 38. The molecule has 9 heteroatoms. The van der Waals surface area contributed by atoms with E-state index in [1.54, 1.807) is 0 Å². The molecule has 0 aliphatic carbocycles. The van der Waals surface area contributed by atoms with Crippen molar-refractivity contribution in [2.24, 2.45) is 0 Å². The Labute approximate surface area is 358 Å². The van der Waals surface area contributed by atoms with Crippen LogP contribution >= 0.6 is 0 Å². The average Bonchev–Trinajstić information content (AvgIpc) is 3.19. The van der Waals surface area contributed by atoms with E-state index in [-0.39, 0.29) is 32.7 Å². The van der Waals surface area contributed by atoms with Gasteiger partial charge in [0.25, 0.3) is 6.29 Å². The van der Waals surface area contributed by atoms with E-state index in [1.807, 2.05) is 21.1 Å². The highest BCUT2D eigenvalue weighted by molar-refractivity contribution is 5.71. The molecule has 0 saturated heterocycles. The van der Waals surface area contributed by atoms with Gasteiger partial charge in [0.05, 0.1) is 34.4 Å². The number of aliphatic carboxylic acids is 1. The molecule has 0 heterocycles. The molecule has 0 fully saturated rings. The van der Waals surface area contributed by atoms with Crippen molar-refractivity contribution in [3.8, 4) is 0 Å². The standard InChI is InChI=1S/C50H79NO8/c1-6-8-10-12-14-16-18-20-22-23-24-25-27-29-31-33-35-37-39-41-48(53)59-46(45-58-50(49(54)55)56-43-42-51(3,4)5)44-57-47(52)40-38-36-34-32-30-28-26-21-19-17-15-13-11-9-7-2/h8-11,14-17,20-22,24-26,29-32,46,50H,6-7,12-13,18-19,23,27-28,33-45H2,1-5H3/p+1/b10-8-,11-9-,16-14-,17-15-,22-20-,25-24-,26-21-,31-29-,32-30-. The predicted molar refractivity (Wildman–Crippen MR) is 244 cm³/mol. The van der Waals surface area contributed by atoms with Crippen LogP contribution in [0.5, 0.6) is 0 Å². The lowest BCUT2D eigenvalue weighted by molar-refractivity contribution is -0.870. The Morgan fingerprint density at radius 1 is 0.508 bits per heavy atom. The summed E-state index contributed by atoms with van der Waals surface area (Å²) in [5, 5.41) is 9.63. The highest BCUT2D eigenvalue weighted by Crippen LogP contribution is 2.10. The van der Waals surface area contributed by atoms with Crippen LogP contribution in [0.4, 0.5) is 0 Å². The molecular formula is C50H80NO8+. The maximum absolute atomic E-state index is 12.8. The topological polar surface area (TPSA) is 108 Å². The third kappa shape index (κ3) is 41.9. The first kappa shape index (κ1) is 55.0. The Bertz CT molecular complexity index is 1330. The quantitative estimate of drug-likeness (QED) is 0.0216. The van der Waals surface area contributed by atoms with Crippen molar-refractivity contribution < 1.29 is 42.9 Å². The molecule has 0 aliphatic heterocycles. The van der Waals surface area contributed by atoms with Crippen LogP contribution in [0.2, 0.25) is 0 Å². The third-order valence-corrected chi connectivity index (χ3v) is 8.52. The fraction of sp³-hybridized carbons (Fsp3) is 0.580. The van der Waals surface area contributed by atoms with E-state index in [1.165, 1.54) is 0 Å². The summed E-state index contributed by atoms with van der Waals surface area (Å²) in [6.45, 7) is 4.51. The van der Waals surface area contributed by atoms with Crippen molar-refractivity contribution in [2.45, 2.75) is 142 Å². The molecule has 332 valence electrons. The van der Waals surface area contributed by atoms with Crippen molar-refractivity contribution in [1.29, 1.82) is 0 Å². The number of hydrogen-bond donors (Lipinski definition) is 1. The number of carboxylic acid groups (broad SMARTS) is 1. The Morgan fingerprint density at radius 3 is 1.36 bits per heavy atom. The molecule has 59 heavy (non-hydrogen) atoms. The zero-order valence-corrected chi connectivity index (χ0v) is 37.4. The van der Waals surface area contributed by atoms with Gasteiger partial charge >= 0.3 is 17.9 Å². The number of likely N-dealkylation sites (N-methyl/N-ethyl adjacent to an activating group) is 1. The second-order valence-electron chi connectivity index (χ2n) is 15.2. The largest absolute Gasteiger partial charge is 0.477 e. The van der Waals surface area contributed by atoms with Crippen molar-refractivity contribution in [2.75, 3.05) is 47.5 Å². The zero-order chi connectivity index (χ0) is 43.5. The Morgan fingerprint density at radius 2 is 0.915 bits per heavy atom. The maximum Gasteiger partial charge on any atom is 0.361 e. The normalized spacial score (nSPS) is 14.0. The minimum atomic E-state index is -1.53. The van der Waals surface area contributed by atoms with Crippen LogP contribution in [0.15, 0.2) is 109 Å². The van der Waals surface area contributed by atoms with Gasteiger partial charge in [0.2, 0.25) is 0 Å². The lowest BCUT2D eigenvalue weighted by atomic mass is 10.1. The molecule has 0 aromatic rings. The van der Waals surface area contributed by atoms with E-state index in [9.17, 15) is 19.5 Å². The molecule has 0 aliphatic rings. The second kappa shape index (κ2) is 40.7. The van der Waals surface area contributed by atoms with Gasteiger partial charge in [0.1, 0.15) is 13.2 Å². The predicted octanol–water partition coefficient (Wildman–Crippen LogP) is 11.7. The molecular weight excluding hydrogens is 743 g/mol. The van der Waals surface area contributed by atoms with Crippen LogP contribution in [0.25, 0.3) is 0 Å². The average molecular weight is 823 g/mol. The molecule has 0 bridgehead atoms. The van der Waals surface area contributed by atoms with E-state index in [0.29, 0.717) is 23.9 Å². The first-order chi connectivity index (χ1) is 28.6. The summed E-state index contributed by atoms with van der Waals surface area (Å²) in [6.07, 6.45) is 51.5. The van der Waals surface area contributed by atoms with Gasteiger partial charge < -0.3 is 28.5 Å². The summed E-state index contributed by atoms with van der Waals surface area (Å²) in [7, 11) is 5.91. The first-order valence-electron chi connectivity index (χ1n) is 22.1. The Kier molecular flexibility index (Phi) is 37.9. The highest BCUT2D eigenvalue weighted by atomic mass is 16.7. The van der Waals surface area contributed by atoms with Crippen molar-refractivity contribution >= 4 is 17.9 Å². The number of carbonyl (C=O) groups excluding carboxylic acids is 2. The molecule has 9 nitrogen and oxygen atoms in total. The van der Waals surface area contributed by atoms with Gasteiger partial charge in [-0.2, -0.15) is 0 Å². The van der Waals surface area contributed by atoms with E-state index in [0.717, 1.165) is 89.9 Å². The second-order valence-corrected chi connectivity index (χ2v) is 15.2. The maximum atomic E-state index is 12.8. The number of nitrogens with zero attached hydrogens (tertiary/aromatic N) is 1. The number of unbranched alkanes of at least 4 members (excludes halogenated alkanes) is 5. The molecule has 0 amide bonds. The summed E-state index contributed by atoms with van der Waals surface area (Å²) >= 11 is 0. The highest BCUT2D eigenvalue weighted by Gasteiger charge is 2.25. The van der Waals surface area contributed by atoms with Crippen LogP contribution in [-0.4, -0.2) is 87.4 Å². The lowest BCUT2D eigenvalue weighted by Gasteiger charge is -2.25. The van der Waals surface area contributed by atoms with Gasteiger partial charge in [-0.1, -0.05) is 130 Å². The van der Waals surface area contributed by atoms with Crippen LogP contribution in [0.1, 0.15) is 129 Å². The minimum absolute atomic E-state index is 0.167. The summed E-state index contributed by atoms with van der Waals surface area (Å²) < 4.78 is 22.6. The number of hydrogen-bond acceptors (Lipinski definition) is 7. The number of carbonyl (C=O) groups is 3. The molecule has 0 rings (SSSR count).